The molecule has 2 unspecified atom stereocenters. The third-order valence-corrected chi connectivity index (χ3v) is 4.55. The first-order valence-corrected chi connectivity index (χ1v) is 8.82. The largest absolute Gasteiger partial charge is 0.481 e. The van der Waals surface area contributed by atoms with E-state index in [0.717, 1.165) is 44.8 Å². The van der Waals surface area contributed by atoms with Gasteiger partial charge in [-0.2, -0.15) is 0 Å². The molecule has 0 amide bonds. The van der Waals surface area contributed by atoms with Gasteiger partial charge in [-0.25, -0.2) is 0 Å². The van der Waals surface area contributed by atoms with Crippen molar-refractivity contribution >= 4 is 18.0 Å². The highest BCUT2D eigenvalue weighted by molar-refractivity contribution is 6.05. The summed E-state index contributed by atoms with van der Waals surface area (Å²) in [5.41, 5.74) is 1.06. The number of aldehydes is 1. The van der Waals surface area contributed by atoms with Crippen LogP contribution in [0.1, 0.15) is 64.2 Å². The molecule has 0 saturated carbocycles. The molecule has 1 fully saturated rings. The fourth-order valence-corrected chi connectivity index (χ4v) is 3.24. The number of carboxylic acid groups (broad SMARTS) is 1. The van der Waals surface area contributed by atoms with Gasteiger partial charge in [-0.1, -0.05) is 12.8 Å². The Morgan fingerprint density at radius 3 is 2.71 bits per heavy atom. The molecule has 1 aliphatic heterocycles. The van der Waals surface area contributed by atoms with E-state index in [0.29, 0.717) is 30.6 Å². The summed E-state index contributed by atoms with van der Waals surface area (Å²) in [6.45, 7) is 0.661. The highest BCUT2D eigenvalue weighted by Crippen LogP contribution is 2.31. The maximum atomic E-state index is 12.2. The van der Waals surface area contributed by atoms with Crippen LogP contribution in [0.15, 0.2) is 11.1 Å². The summed E-state index contributed by atoms with van der Waals surface area (Å²) in [7, 11) is 0. The summed E-state index contributed by atoms with van der Waals surface area (Å²) in [5, 5.41) is 8.59. The van der Waals surface area contributed by atoms with Crippen LogP contribution >= 0.6 is 0 Å². The molecular weight excluding hydrogens is 312 g/mol. The Morgan fingerprint density at radius 1 is 1.25 bits per heavy atom. The maximum absolute atomic E-state index is 12.2. The van der Waals surface area contributed by atoms with E-state index in [9.17, 15) is 14.4 Å². The van der Waals surface area contributed by atoms with Gasteiger partial charge in [-0.15, -0.1) is 0 Å². The first-order chi connectivity index (χ1) is 11.6. The standard InChI is InChI=1S/C18H26O6/c19-12-14-13(7-3-1-2-4-8-17(21)22)15(20)11-16(14)24-18-9-5-6-10-23-18/h12,16,18H,1-11H2,(H,21,22). The molecule has 6 nitrogen and oxygen atoms in total. The molecule has 6 heteroatoms. The van der Waals surface area contributed by atoms with Crippen molar-refractivity contribution in [3.8, 4) is 0 Å². The van der Waals surface area contributed by atoms with Gasteiger partial charge in [-0.05, 0) is 38.5 Å². The normalized spacial score (nSPS) is 24.4. The first kappa shape index (κ1) is 18.8. The van der Waals surface area contributed by atoms with E-state index >= 15 is 0 Å². The van der Waals surface area contributed by atoms with Gasteiger partial charge >= 0.3 is 5.97 Å². The topological polar surface area (TPSA) is 89.9 Å². The van der Waals surface area contributed by atoms with Crippen LogP contribution in [-0.2, 0) is 23.9 Å². The molecular formula is C18H26O6. The number of aliphatic carboxylic acids is 1. The highest BCUT2D eigenvalue weighted by Gasteiger charge is 2.34. The second-order valence-electron chi connectivity index (χ2n) is 6.41. The van der Waals surface area contributed by atoms with E-state index in [1.807, 2.05) is 0 Å². The molecule has 134 valence electrons. The van der Waals surface area contributed by atoms with Gasteiger partial charge in [0.25, 0.3) is 0 Å². The van der Waals surface area contributed by atoms with Gasteiger partial charge in [-0.3, -0.25) is 14.4 Å². The van der Waals surface area contributed by atoms with Crippen LogP contribution in [0, 0.1) is 0 Å². The Balaban J connectivity index is 1.81. The SMILES string of the molecule is O=CC1=C(CCCCCCC(=O)O)C(=O)CC1OC1CCCCO1. The highest BCUT2D eigenvalue weighted by atomic mass is 16.7. The number of carbonyl (C=O) groups excluding carboxylic acids is 2. The lowest BCUT2D eigenvalue weighted by atomic mass is 10.0. The van der Waals surface area contributed by atoms with E-state index < -0.39 is 12.1 Å². The molecule has 24 heavy (non-hydrogen) atoms. The Hall–Kier alpha value is -1.53. The van der Waals surface area contributed by atoms with Crippen LogP contribution in [-0.4, -0.2) is 42.1 Å². The Labute approximate surface area is 142 Å². The zero-order valence-electron chi connectivity index (χ0n) is 14.0. The fraction of sp³-hybridized carbons (Fsp3) is 0.722. The fourth-order valence-electron chi connectivity index (χ4n) is 3.24. The molecule has 2 aliphatic rings. The molecule has 0 aromatic carbocycles. The van der Waals surface area contributed by atoms with Crippen molar-refractivity contribution in [2.75, 3.05) is 6.61 Å². The van der Waals surface area contributed by atoms with Gasteiger partial charge in [0.05, 0.1) is 6.10 Å². The molecule has 0 aromatic heterocycles. The van der Waals surface area contributed by atoms with Crippen LogP contribution in [0.25, 0.3) is 0 Å². The van der Waals surface area contributed by atoms with Crippen LogP contribution in [0.3, 0.4) is 0 Å². The minimum Gasteiger partial charge on any atom is -0.481 e. The Morgan fingerprint density at radius 2 is 2.04 bits per heavy atom. The third-order valence-electron chi connectivity index (χ3n) is 4.55. The molecule has 1 heterocycles. The Kier molecular flexibility index (Phi) is 7.59. The van der Waals surface area contributed by atoms with Crippen LogP contribution in [0.2, 0.25) is 0 Å². The summed E-state index contributed by atoms with van der Waals surface area (Å²) in [6, 6.07) is 0. The third kappa shape index (κ3) is 5.53. The van der Waals surface area contributed by atoms with Gasteiger partial charge in [0.1, 0.15) is 6.29 Å². The molecule has 2 atom stereocenters. The average Bonchev–Trinajstić information content (AvgIpc) is 2.86. The lowest BCUT2D eigenvalue weighted by molar-refractivity contribution is -0.180. The molecule has 2 rings (SSSR count). The lowest BCUT2D eigenvalue weighted by Crippen LogP contribution is -2.28. The zero-order chi connectivity index (χ0) is 17.4. The molecule has 1 saturated heterocycles. The number of rotatable bonds is 10. The van der Waals surface area contributed by atoms with Crippen molar-refractivity contribution in [3.63, 3.8) is 0 Å². The summed E-state index contributed by atoms with van der Waals surface area (Å²) in [4.78, 5) is 34.1. The van der Waals surface area contributed by atoms with Crippen LogP contribution in [0.4, 0.5) is 0 Å². The predicted octanol–water partition coefficient (Wildman–Crippen LogP) is 2.79. The van der Waals surface area contributed by atoms with Crippen molar-refractivity contribution in [2.45, 2.75) is 76.6 Å². The smallest absolute Gasteiger partial charge is 0.303 e. The second-order valence-corrected chi connectivity index (χ2v) is 6.41. The number of ether oxygens (including phenoxy) is 2. The quantitative estimate of drug-likeness (QED) is 0.486. The number of carboxylic acids is 1. The number of carbonyl (C=O) groups is 3. The van der Waals surface area contributed by atoms with E-state index in [4.69, 9.17) is 14.6 Å². The molecule has 0 bridgehead atoms. The molecule has 1 N–H and O–H groups in total. The first-order valence-electron chi connectivity index (χ1n) is 8.82. The van der Waals surface area contributed by atoms with Crippen molar-refractivity contribution < 1.29 is 29.0 Å². The minimum atomic E-state index is -0.781. The van der Waals surface area contributed by atoms with Crippen molar-refractivity contribution in [3.05, 3.63) is 11.1 Å². The van der Waals surface area contributed by atoms with Crippen LogP contribution < -0.4 is 0 Å². The number of unbranched alkanes of at least 4 members (excludes halogenated alkanes) is 3. The molecule has 1 aliphatic carbocycles. The summed E-state index contributed by atoms with van der Waals surface area (Å²) >= 11 is 0. The number of Topliss-reactive ketones (excluding diaryl/α,β-unsaturated/α-hetero) is 1. The van der Waals surface area contributed by atoms with E-state index in [1.165, 1.54) is 0 Å². The number of hydrogen-bond donors (Lipinski definition) is 1. The van der Waals surface area contributed by atoms with Crippen LogP contribution in [0.5, 0.6) is 0 Å². The van der Waals surface area contributed by atoms with E-state index in [2.05, 4.69) is 0 Å². The predicted molar refractivity (Wildman–Crippen MR) is 86.5 cm³/mol. The van der Waals surface area contributed by atoms with Gasteiger partial charge in [0, 0.05) is 30.6 Å². The molecule has 0 spiro atoms. The summed E-state index contributed by atoms with van der Waals surface area (Å²) in [5.74, 6) is -0.791. The monoisotopic (exact) mass is 338 g/mol. The average molecular weight is 338 g/mol. The molecule has 0 radical (unpaired) electrons. The second kappa shape index (κ2) is 9.69. The van der Waals surface area contributed by atoms with Gasteiger partial charge < -0.3 is 14.6 Å². The number of ketones is 1. The summed E-state index contributed by atoms with van der Waals surface area (Å²) in [6.07, 6.45) is 6.88. The number of hydrogen-bond acceptors (Lipinski definition) is 5. The summed E-state index contributed by atoms with van der Waals surface area (Å²) < 4.78 is 11.4. The lowest BCUT2D eigenvalue weighted by Gasteiger charge is -2.25. The zero-order valence-corrected chi connectivity index (χ0v) is 14.0. The Bertz CT molecular complexity index is 490. The minimum absolute atomic E-state index is 0.0107. The van der Waals surface area contributed by atoms with Crippen molar-refractivity contribution in [1.82, 2.24) is 0 Å². The van der Waals surface area contributed by atoms with Crippen molar-refractivity contribution in [2.24, 2.45) is 0 Å². The molecule has 0 aromatic rings. The van der Waals surface area contributed by atoms with Gasteiger partial charge in [0.2, 0.25) is 0 Å². The van der Waals surface area contributed by atoms with E-state index in [-0.39, 0.29) is 24.9 Å². The number of allylic oxidation sites excluding steroid dienone is 1. The van der Waals surface area contributed by atoms with E-state index in [1.54, 1.807) is 0 Å². The van der Waals surface area contributed by atoms with Gasteiger partial charge in [0.15, 0.2) is 12.1 Å². The van der Waals surface area contributed by atoms with Crippen molar-refractivity contribution in [1.29, 1.82) is 0 Å². The maximum Gasteiger partial charge on any atom is 0.303 e.